The largest absolute Gasteiger partial charge is 0.382 e. The molecule has 0 bridgehead atoms. The average Bonchev–Trinajstić information content (AvgIpc) is 2.87. The molecule has 2 heterocycles. The molecule has 1 aromatic heterocycles. The highest BCUT2D eigenvalue weighted by molar-refractivity contribution is 5.81. The van der Waals surface area contributed by atoms with Crippen LogP contribution in [0, 0.1) is 0 Å². The summed E-state index contributed by atoms with van der Waals surface area (Å²) in [6.07, 6.45) is 6.41. The van der Waals surface area contributed by atoms with Crippen molar-refractivity contribution in [2.24, 2.45) is 0 Å². The molecule has 2 N–H and O–H groups in total. The Labute approximate surface area is 229 Å². The molecule has 2 aliphatic rings. The van der Waals surface area contributed by atoms with Crippen LogP contribution in [0.1, 0.15) is 85.0 Å². The zero-order chi connectivity index (χ0) is 27.6. The van der Waals surface area contributed by atoms with Gasteiger partial charge in [0.1, 0.15) is 5.82 Å². The molecule has 0 spiro atoms. The van der Waals surface area contributed by atoms with Crippen molar-refractivity contribution in [1.82, 2.24) is 24.7 Å². The van der Waals surface area contributed by atoms with Gasteiger partial charge in [0.05, 0.1) is 16.9 Å². The lowest BCUT2D eigenvalue weighted by Gasteiger charge is -2.46. The van der Waals surface area contributed by atoms with E-state index in [1.807, 2.05) is 16.7 Å². The number of hydrogen-bond acceptors (Lipinski definition) is 6. The van der Waals surface area contributed by atoms with Crippen LogP contribution in [0.4, 0.5) is 5.69 Å². The molecule has 0 amide bonds. The van der Waals surface area contributed by atoms with E-state index in [0.717, 1.165) is 68.6 Å². The van der Waals surface area contributed by atoms with E-state index >= 15 is 0 Å². The van der Waals surface area contributed by atoms with Crippen LogP contribution in [-0.4, -0.2) is 70.2 Å². The summed E-state index contributed by atoms with van der Waals surface area (Å²) >= 11 is 0. The summed E-state index contributed by atoms with van der Waals surface area (Å²) in [5.74, 6) is 0.918. The van der Waals surface area contributed by atoms with Crippen LogP contribution in [0.5, 0.6) is 0 Å². The summed E-state index contributed by atoms with van der Waals surface area (Å²) in [6, 6.07) is 7.55. The Morgan fingerprint density at radius 3 is 2.42 bits per heavy atom. The van der Waals surface area contributed by atoms with Crippen molar-refractivity contribution < 1.29 is 0 Å². The summed E-state index contributed by atoms with van der Waals surface area (Å²) < 4.78 is 1.92. The van der Waals surface area contributed by atoms with Crippen molar-refractivity contribution in [3.8, 4) is 0 Å². The molecule has 7 heteroatoms. The Morgan fingerprint density at radius 2 is 1.87 bits per heavy atom. The molecule has 2 fully saturated rings. The number of nitrogens with zero attached hydrogens (tertiary/aromatic N) is 4. The molecule has 2 aromatic rings. The zero-order valence-corrected chi connectivity index (χ0v) is 24.8. The predicted molar refractivity (Wildman–Crippen MR) is 160 cm³/mol. The number of fused-ring (bicyclic) bond motifs is 1. The standard InChI is InChI=1S/C31H50N6O/c1-9-11-28(36-19-22(5)32-23(6)20-36)29-34-27-13-12-25(18-26(27)30(38)37(29)10-2)33-24-14-16-31(17-15-24,21(3)4)35(7)8/h12-13,18,22-24,28,32-33H,3,9-11,14-17,19-20H2,1-2,4-8H3/t22-,23+,24?,28-,31?/m1/s1. The van der Waals surface area contributed by atoms with Crippen LogP contribution < -0.4 is 16.2 Å². The molecule has 1 aliphatic carbocycles. The highest BCUT2D eigenvalue weighted by Crippen LogP contribution is 2.38. The Morgan fingerprint density at radius 1 is 1.21 bits per heavy atom. The van der Waals surface area contributed by atoms with Crippen molar-refractivity contribution in [3.05, 3.63) is 46.5 Å². The Balaban J connectivity index is 1.61. The topological polar surface area (TPSA) is 65.4 Å². The summed E-state index contributed by atoms with van der Waals surface area (Å²) in [4.78, 5) is 23.9. The van der Waals surface area contributed by atoms with Crippen molar-refractivity contribution in [1.29, 1.82) is 0 Å². The first-order chi connectivity index (χ1) is 18.1. The Kier molecular flexibility index (Phi) is 9.00. The maximum Gasteiger partial charge on any atom is 0.261 e. The van der Waals surface area contributed by atoms with Crippen LogP contribution in [0.3, 0.4) is 0 Å². The molecule has 210 valence electrons. The molecular formula is C31H50N6O. The van der Waals surface area contributed by atoms with Gasteiger partial charge in [0, 0.05) is 49.0 Å². The van der Waals surface area contributed by atoms with Crippen molar-refractivity contribution in [2.75, 3.05) is 32.5 Å². The van der Waals surface area contributed by atoms with Crippen LogP contribution in [-0.2, 0) is 6.54 Å². The second-order valence-corrected chi connectivity index (χ2v) is 12.1. The number of benzene rings is 1. The molecule has 1 saturated heterocycles. The van der Waals surface area contributed by atoms with Gasteiger partial charge in [0.25, 0.3) is 5.56 Å². The van der Waals surface area contributed by atoms with E-state index in [1.54, 1.807) is 0 Å². The highest BCUT2D eigenvalue weighted by atomic mass is 16.1. The van der Waals surface area contributed by atoms with E-state index in [9.17, 15) is 4.79 Å². The smallest absolute Gasteiger partial charge is 0.261 e. The van der Waals surface area contributed by atoms with Gasteiger partial charge in [0.2, 0.25) is 0 Å². The number of hydrogen-bond donors (Lipinski definition) is 2. The lowest BCUT2D eigenvalue weighted by Crippen LogP contribution is -2.55. The minimum atomic E-state index is 0.0750. The molecule has 1 aromatic carbocycles. The van der Waals surface area contributed by atoms with Gasteiger partial charge in [-0.25, -0.2) is 4.98 Å². The van der Waals surface area contributed by atoms with Gasteiger partial charge < -0.3 is 15.5 Å². The number of anilines is 1. The first-order valence-electron chi connectivity index (χ1n) is 14.7. The molecule has 4 rings (SSSR count). The third kappa shape index (κ3) is 5.70. The third-order valence-electron chi connectivity index (χ3n) is 9.02. The molecule has 1 aliphatic heterocycles. The summed E-state index contributed by atoms with van der Waals surface area (Å²) in [5, 5.41) is 8.08. The van der Waals surface area contributed by atoms with Crippen LogP contribution in [0.2, 0.25) is 0 Å². The van der Waals surface area contributed by atoms with Crippen molar-refractivity contribution in [3.63, 3.8) is 0 Å². The minimum absolute atomic E-state index is 0.0750. The maximum absolute atomic E-state index is 13.8. The number of nitrogens with one attached hydrogen (secondary N) is 2. The van der Waals surface area contributed by atoms with Crippen LogP contribution >= 0.6 is 0 Å². The van der Waals surface area contributed by atoms with E-state index in [4.69, 9.17) is 4.98 Å². The van der Waals surface area contributed by atoms with Gasteiger partial charge >= 0.3 is 0 Å². The monoisotopic (exact) mass is 522 g/mol. The van der Waals surface area contributed by atoms with E-state index in [0.29, 0.717) is 30.1 Å². The summed E-state index contributed by atoms with van der Waals surface area (Å²) in [6.45, 7) is 17.8. The lowest BCUT2D eigenvalue weighted by atomic mass is 9.74. The van der Waals surface area contributed by atoms with Gasteiger partial charge in [-0.3, -0.25) is 14.3 Å². The molecule has 38 heavy (non-hydrogen) atoms. The maximum atomic E-state index is 13.8. The molecule has 0 radical (unpaired) electrons. The minimum Gasteiger partial charge on any atom is -0.382 e. The zero-order valence-electron chi connectivity index (χ0n) is 24.8. The first-order valence-corrected chi connectivity index (χ1v) is 14.7. The molecule has 3 atom stereocenters. The molecule has 0 unspecified atom stereocenters. The Hall–Kier alpha value is -2.22. The number of piperazine rings is 1. The Bertz CT molecular complexity index is 1170. The predicted octanol–water partition coefficient (Wildman–Crippen LogP) is 5.17. The SMILES string of the molecule is C=C(C)C1(N(C)C)CCC(Nc2ccc3nc([C@@H](CCC)N4C[C@@H](C)N[C@@H](C)C4)n(CC)c(=O)c3c2)CC1. The average molecular weight is 523 g/mol. The van der Waals surface area contributed by atoms with Crippen LogP contribution in [0.15, 0.2) is 35.1 Å². The van der Waals surface area contributed by atoms with E-state index in [2.05, 4.69) is 81.8 Å². The summed E-state index contributed by atoms with van der Waals surface area (Å²) in [5.41, 5.74) is 3.23. The van der Waals surface area contributed by atoms with Crippen molar-refractivity contribution >= 4 is 16.6 Å². The van der Waals surface area contributed by atoms with Crippen molar-refractivity contribution in [2.45, 2.75) is 109 Å². The second kappa shape index (κ2) is 11.9. The van der Waals surface area contributed by atoms with E-state index < -0.39 is 0 Å². The second-order valence-electron chi connectivity index (χ2n) is 12.1. The van der Waals surface area contributed by atoms with Crippen LogP contribution in [0.25, 0.3) is 10.9 Å². The quantitative estimate of drug-likeness (QED) is 0.443. The normalized spacial score (nSPS) is 27.5. The molecule has 7 nitrogen and oxygen atoms in total. The highest BCUT2D eigenvalue weighted by Gasteiger charge is 2.38. The van der Waals surface area contributed by atoms with Gasteiger partial charge in [-0.15, -0.1) is 0 Å². The van der Waals surface area contributed by atoms with E-state index in [1.165, 1.54) is 5.57 Å². The van der Waals surface area contributed by atoms with Gasteiger partial charge in [0.15, 0.2) is 0 Å². The fraction of sp³-hybridized carbons (Fsp3) is 0.677. The fourth-order valence-corrected chi connectivity index (χ4v) is 6.99. The third-order valence-corrected chi connectivity index (χ3v) is 9.02. The molecule has 1 saturated carbocycles. The van der Waals surface area contributed by atoms with Gasteiger partial charge in [-0.2, -0.15) is 0 Å². The summed E-state index contributed by atoms with van der Waals surface area (Å²) in [7, 11) is 4.33. The number of likely N-dealkylation sites (N-methyl/N-ethyl adjacent to an activating group) is 1. The fourth-order valence-electron chi connectivity index (χ4n) is 6.99. The molecular weight excluding hydrogens is 472 g/mol. The first kappa shape index (κ1) is 28.8. The number of rotatable bonds is 9. The van der Waals surface area contributed by atoms with E-state index in [-0.39, 0.29) is 17.1 Å². The van der Waals surface area contributed by atoms with Gasteiger partial charge in [-0.05, 0) is 92.1 Å². The number of aromatic nitrogens is 2. The lowest BCUT2D eigenvalue weighted by molar-refractivity contribution is 0.109. The van der Waals surface area contributed by atoms with Gasteiger partial charge in [-0.1, -0.05) is 25.5 Å².